The fraction of sp³-hybridized carbons (Fsp3) is 0.353. The summed E-state index contributed by atoms with van der Waals surface area (Å²) in [7, 11) is -3.33. The molecule has 116 valence electrons. The molecule has 1 N–H and O–H groups in total. The summed E-state index contributed by atoms with van der Waals surface area (Å²) >= 11 is 0. The molecular weight excluding hydrogens is 296 g/mol. The molecule has 22 heavy (non-hydrogen) atoms. The third-order valence-corrected chi connectivity index (χ3v) is 5.65. The number of nitrogens with one attached hydrogen (secondary N) is 1. The maximum absolute atomic E-state index is 12.3. The zero-order chi connectivity index (χ0) is 15.5. The number of sulfonamides is 1. The summed E-state index contributed by atoms with van der Waals surface area (Å²) in [5.41, 5.74) is 1.66. The number of benzene rings is 1. The molecule has 0 radical (unpaired) electrons. The van der Waals surface area contributed by atoms with Crippen molar-refractivity contribution in [1.29, 1.82) is 0 Å². The first-order valence-electron chi connectivity index (χ1n) is 7.53. The van der Waals surface area contributed by atoms with Gasteiger partial charge in [-0.05, 0) is 30.5 Å². The van der Waals surface area contributed by atoms with Crippen molar-refractivity contribution in [3.8, 4) is 0 Å². The highest BCUT2D eigenvalue weighted by atomic mass is 32.2. The fourth-order valence-electron chi connectivity index (χ4n) is 2.90. The molecule has 1 aliphatic carbocycles. The van der Waals surface area contributed by atoms with E-state index >= 15 is 0 Å². The maximum atomic E-state index is 12.3. The molecule has 0 bridgehead atoms. The highest BCUT2D eigenvalue weighted by Gasteiger charge is 2.40. The second-order valence-corrected chi connectivity index (χ2v) is 7.72. The molecule has 3 rings (SSSR count). The Kier molecular flexibility index (Phi) is 4.27. The zero-order valence-electron chi connectivity index (χ0n) is 12.4. The third-order valence-electron chi connectivity index (χ3n) is 4.35. The molecule has 0 atom stereocenters. The minimum absolute atomic E-state index is 0.0200. The average molecular weight is 316 g/mol. The van der Waals surface area contributed by atoms with E-state index in [1.165, 1.54) is 0 Å². The maximum Gasteiger partial charge on any atom is 0.215 e. The van der Waals surface area contributed by atoms with Crippen LogP contribution in [0.2, 0.25) is 0 Å². The molecule has 0 unspecified atom stereocenters. The predicted molar refractivity (Wildman–Crippen MR) is 86.8 cm³/mol. The van der Waals surface area contributed by atoms with Crippen molar-refractivity contribution in [1.82, 2.24) is 9.71 Å². The highest BCUT2D eigenvalue weighted by molar-refractivity contribution is 7.88. The second-order valence-electron chi connectivity index (χ2n) is 5.91. The predicted octanol–water partition coefficient (Wildman–Crippen LogP) is 2.62. The topological polar surface area (TPSA) is 59.1 Å². The molecule has 1 heterocycles. The number of aromatic nitrogens is 1. The Morgan fingerprint density at radius 2 is 1.77 bits per heavy atom. The second kappa shape index (κ2) is 6.18. The molecular formula is C17H20N2O2S. The Labute approximate surface area is 131 Å². The molecule has 1 aromatic carbocycles. The molecule has 2 aromatic rings. The summed E-state index contributed by atoms with van der Waals surface area (Å²) in [6, 6.07) is 15.1. The third kappa shape index (κ3) is 3.36. The Hall–Kier alpha value is -1.72. The van der Waals surface area contributed by atoms with Crippen molar-refractivity contribution >= 4 is 10.0 Å². The van der Waals surface area contributed by atoms with E-state index in [2.05, 4.69) is 9.71 Å². The quantitative estimate of drug-likeness (QED) is 0.891. The van der Waals surface area contributed by atoms with E-state index < -0.39 is 10.0 Å². The van der Waals surface area contributed by atoms with Crippen LogP contribution in [0.3, 0.4) is 0 Å². The van der Waals surface area contributed by atoms with Gasteiger partial charge in [-0.15, -0.1) is 0 Å². The van der Waals surface area contributed by atoms with Crippen molar-refractivity contribution in [2.45, 2.75) is 30.4 Å². The van der Waals surface area contributed by atoms with Gasteiger partial charge in [0.1, 0.15) is 0 Å². The van der Waals surface area contributed by atoms with Gasteiger partial charge in [-0.3, -0.25) is 4.98 Å². The van der Waals surface area contributed by atoms with E-state index in [0.29, 0.717) is 6.54 Å². The smallest absolute Gasteiger partial charge is 0.215 e. The molecule has 0 aliphatic heterocycles. The molecule has 4 nitrogen and oxygen atoms in total. The van der Waals surface area contributed by atoms with Crippen LogP contribution in [0.4, 0.5) is 0 Å². The summed E-state index contributed by atoms with van der Waals surface area (Å²) in [5, 5.41) is 0. The first-order chi connectivity index (χ1) is 10.6. The van der Waals surface area contributed by atoms with Crippen LogP contribution in [0, 0.1) is 0 Å². The van der Waals surface area contributed by atoms with Gasteiger partial charge in [0.25, 0.3) is 0 Å². The highest BCUT2D eigenvalue weighted by Crippen LogP contribution is 2.42. The number of rotatable bonds is 6. The lowest BCUT2D eigenvalue weighted by Gasteiger charge is -2.41. The van der Waals surface area contributed by atoms with Gasteiger partial charge >= 0.3 is 0 Å². The average Bonchev–Trinajstić information content (AvgIpc) is 2.48. The van der Waals surface area contributed by atoms with Gasteiger partial charge in [0.2, 0.25) is 10.0 Å². The molecule has 1 aromatic heterocycles. The van der Waals surface area contributed by atoms with Crippen molar-refractivity contribution in [2.75, 3.05) is 6.54 Å². The number of hydrogen-bond donors (Lipinski definition) is 1. The molecule has 0 saturated heterocycles. The Balaban J connectivity index is 1.68. The van der Waals surface area contributed by atoms with E-state index in [9.17, 15) is 8.42 Å². The molecule has 0 amide bonds. The van der Waals surface area contributed by atoms with Gasteiger partial charge in [-0.2, -0.15) is 0 Å². The normalized spacial score (nSPS) is 16.9. The lowest BCUT2D eigenvalue weighted by molar-refractivity contribution is 0.238. The van der Waals surface area contributed by atoms with Crippen LogP contribution >= 0.6 is 0 Å². The van der Waals surface area contributed by atoms with Gasteiger partial charge in [0, 0.05) is 23.9 Å². The number of nitrogens with zero attached hydrogens (tertiary/aromatic N) is 1. The van der Waals surface area contributed by atoms with Gasteiger partial charge in [0.15, 0.2) is 0 Å². The largest absolute Gasteiger partial charge is 0.261 e. The van der Waals surface area contributed by atoms with Crippen molar-refractivity contribution in [3.63, 3.8) is 0 Å². The lowest BCUT2D eigenvalue weighted by Crippen LogP contribution is -2.46. The van der Waals surface area contributed by atoms with E-state index in [1.54, 1.807) is 6.20 Å². The molecule has 1 saturated carbocycles. The summed E-state index contributed by atoms with van der Waals surface area (Å²) in [5.74, 6) is 0.0200. The standard InChI is InChI=1S/C17H20N2O2S/c20-22(21,13-15-7-2-1-3-8-15)19-14-17(10-6-11-17)16-9-4-5-12-18-16/h1-5,7-9,12,19H,6,10-11,13-14H2. The minimum atomic E-state index is -3.33. The first kappa shape index (κ1) is 15.2. The molecule has 5 heteroatoms. The van der Waals surface area contributed by atoms with Crippen molar-refractivity contribution in [2.24, 2.45) is 0 Å². The van der Waals surface area contributed by atoms with Crippen LogP contribution in [0.1, 0.15) is 30.5 Å². The Bertz CT molecular complexity index is 711. The van der Waals surface area contributed by atoms with E-state index in [0.717, 1.165) is 30.5 Å². The number of hydrogen-bond acceptors (Lipinski definition) is 3. The molecule has 1 fully saturated rings. The fourth-order valence-corrected chi connectivity index (χ4v) is 4.13. The van der Waals surface area contributed by atoms with Crippen molar-refractivity contribution in [3.05, 3.63) is 66.0 Å². The van der Waals surface area contributed by atoms with Crippen LogP contribution < -0.4 is 4.72 Å². The van der Waals surface area contributed by atoms with Crippen LogP contribution in [0.5, 0.6) is 0 Å². The Morgan fingerprint density at radius 1 is 1.05 bits per heavy atom. The van der Waals surface area contributed by atoms with Crippen molar-refractivity contribution < 1.29 is 8.42 Å². The van der Waals surface area contributed by atoms with Gasteiger partial charge in [-0.1, -0.05) is 42.8 Å². The molecule has 1 aliphatic rings. The lowest BCUT2D eigenvalue weighted by atomic mass is 9.66. The van der Waals surface area contributed by atoms with E-state index in [1.807, 2.05) is 48.5 Å². The summed E-state index contributed by atoms with van der Waals surface area (Å²) in [6.45, 7) is 0.430. The summed E-state index contributed by atoms with van der Waals surface area (Å²) in [6.07, 6.45) is 4.86. The van der Waals surface area contributed by atoms with Gasteiger partial charge < -0.3 is 0 Å². The van der Waals surface area contributed by atoms with Crippen LogP contribution in [0.15, 0.2) is 54.7 Å². The van der Waals surface area contributed by atoms with Crippen LogP contribution in [0.25, 0.3) is 0 Å². The minimum Gasteiger partial charge on any atom is -0.261 e. The van der Waals surface area contributed by atoms with E-state index in [4.69, 9.17) is 0 Å². The zero-order valence-corrected chi connectivity index (χ0v) is 13.2. The SMILES string of the molecule is O=S(=O)(Cc1ccccc1)NCC1(c2ccccn2)CCC1. The van der Waals surface area contributed by atoms with Gasteiger partial charge in [0.05, 0.1) is 5.75 Å². The van der Waals surface area contributed by atoms with Crippen LogP contribution in [-0.4, -0.2) is 19.9 Å². The summed E-state index contributed by atoms with van der Waals surface area (Å²) < 4.78 is 27.4. The monoisotopic (exact) mass is 316 g/mol. The van der Waals surface area contributed by atoms with Crippen LogP contribution in [-0.2, 0) is 21.2 Å². The summed E-state index contributed by atoms with van der Waals surface area (Å²) in [4.78, 5) is 4.42. The Morgan fingerprint density at radius 3 is 2.36 bits per heavy atom. The van der Waals surface area contributed by atoms with Gasteiger partial charge in [-0.25, -0.2) is 13.1 Å². The first-order valence-corrected chi connectivity index (χ1v) is 9.18. The molecule has 0 spiro atoms. The number of pyridine rings is 1. The van der Waals surface area contributed by atoms with E-state index in [-0.39, 0.29) is 11.2 Å².